The number of rotatable bonds is 5. The van der Waals surface area contributed by atoms with Gasteiger partial charge in [0.2, 0.25) is 11.0 Å². The van der Waals surface area contributed by atoms with Crippen molar-refractivity contribution in [3.63, 3.8) is 0 Å². The quantitative estimate of drug-likeness (QED) is 0.669. The van der Waals surface area contributed by atoms with Crippen LogP contribution in [-0.2, 0) is 6.42 Å². The highest BCUT2D eigenvalue weighted by atomic mass is 32.2. The summed E-state index contributed by atoms with van der Waals surface area (Å²) in [5.41, 5.74) is 1.95. The lowest BCUT2D eigenvalue weighted by Crippen LogP contribution is -1.97. The molecule has 22 heavy (non-hydrogen) atoms. The zero-order valence-electron chi connectivity index (χ0n) is 13.1. The summed E-state index contributed by atoms with van der Waals surface area (Å²) in [4.78, 5) is 13.3. The van der Waals surface area contributed by atoms with E-state index >= 15 is 0 Å². The van der Waals surface area contributed by atoms with Gasteiger partial charge in [-0.2, -0.15) is 9.97 Å². The van der Waals surface area contributed by atoms with Crippen molar-refractivity contribution < 1.29 is 4.52 Å². The standard InChI is InChI=1S/C14H18N6OS/c1-5-6-11-16-12(21-19-11)10(4)22-14-17-13-15-8(2)7-9(3)20(13)18-14/h7,10H,5-6H2,1-4H3. The van der Waals surface area contributed by atoms with Gasteiger partial charge in [-0.3, -0.25) is 0 Å². The number of aryl methyl sites for hydroxylation is 3. The minimum Gasteiger partial charge on any atom is -0.338 e. The number of hydrogen-bond acceptors (Lipinski definition) is 7. The van der Waals surface area contributed by atoms with Gasteiger partial charge < -0.3 is 4.52 Å². The van der Waals surface area contributed by atoms with E-state index in [1.807, 2.05) is 26.8 Å². The van der Waals surface area contributed by atoms with Crippen molar-refractivity contribution in [2.75, 3.05) is 0 Å². The van der Waals surface area contributed by atoms with E-state index in [2.05, 4.69) is 32.1 Å². The molecule has 0 bridgehead atoms. The first-order valence-electron chi connectivity index (χ1n) is 7.27. The van der Waals surface area contributed by atoms with E-state index in [1.54, 1.807) is 4.52 Å². The Hall–Kier alpha value is -1.96. The van der Waals surface area contributed by atoms with Crippen LogP contribution in [0.2, 0.25) is 0 Å². The third kappa shape index (κ3) is 2.96. The van der Waals surface area contributed by atoms with Gasteiger partial charge in [0.05, 0.1) is 5.25 Å². The Morgan fingerprint density at radius 3 is 2.86 bits per heavy atom. The summed E-state index contributed by atoms with van der Waals surface area (Å²) in [7, 11) is 0. The lowest BCUT2D eigenvalue weighted by atomic mass is 10.3. The van der Waals surface area contributed by atoms with Crippen LogP contribution in [0.5, 0.6) is 0 Å². The van der Waals surface area contributed by atoms with Gasteiger partial charge in [0.15, 0.2) is 5.82 Å². The highest BCUT2D eigenvalue weighted by Crippen LogP contribution is 2.32. The fourth-order valence-electron chi connectivity index (χ4n) is 2.16. The molecule has 0 N–H and O–H groups in total. The van der Waals surface area contributed by atoms with Crippen LogP contribution in [0.25, 0.3) is 5.78 Å². The lowest BCUT2D eigenvalue weighted by Gasteiger charge is -2.01. The third-order valence-electron chi connectivity index (χ3n) is 3.19. The fraction of sp³-hybridized carbons (Fsp3) is 0.500. The third-order valence-corrected chi connectivity index (χ3v) is 4.13. The van der Waals surface area contributed by atoms with Gasteiger partial charge in [0.25, 0.3) is 5.78 Å². The normalized spacial score (nSPS) is 12.9. The molecule has 0 aliphatic heterocycles. The molecule has 0 fully saturated rings. The average molecular weight is 318 g/mol. The smallest absolute Gasteiger partial charge is 0.253 e. The summed E-state index contributed by atoms with van der Waals surface area (Å²) in [5, 5.41) is 9.11. The zero-order valence-corrected chi connectivity index (χ0v) is 13.9. The number of thioether (sulfide) groups is 1. The van der Waals surface area contributed by atoms with Crippen molar-refractivity contribution in [2.24, 2.45) is 0 Å². The lowest BCUT2D eigenvalue weighted by molar-refractivity contribution is 0.374. The zero-order chi connectivity index (χ0) is 15.7. The Kier molecular flexibility index (Phi) is 4.10. The van der Waals surface area contributed by atoms with Crippen molar-refractivity contribution in [2.45, 2.75) is 50.9 Å². The second-order valence-electron chi connectivity index (χ2n) is 5.20. The van der Waals surface area contributed by atoms with E-state index in [-0.39, 0.29) is 5.25 Å². The van der Waals surface area contributed by atoms with Gasteiger partial charge in [0.1, 0.15) is 0 Å². The van der Waals surface area contributed by atoms with Crippen molar-refractivity contribution in [3.8, 4) is 0 Å². The molecule has 0 aliphatic rings. The highest BCUT2D eigenvalue weighted by Gasteiger charge is 2.18. The van der Waals surface area contributed by atoms with E-state index < -0.39 is 0 Å². The molecular weight excluding hydrogens is 300 g/mol. The van der Waals surface area contributed by atoms with Crippen molar-refractivity contribution in [3.05, 3.63) is 29.2 Å². The van der Waals surface area contributed by atoms with Gasteiger partial charge in [-0.1, -0.05) is 23.8 Å². The monoisotopic (exact) mass is 318 g/mol. The second-order valence-corrected chi connectivity index (χ2v) is 6.51. The molecule has 3 heterocycles. The molecule has 3 rings (SSSR count). The van der Waals surface area contributed by atoms with Crippen LogP contribution in [0.15, 0.2) is 15.7 Å². The second kappa shape index (κ2) is 6.04. The summed E-state index contributed by atoms with van der Waals surface area (Å²) in [6.07, 6.45) is 1.83. The van der Waals surface area contributed by atoms with Gasteiger partial charge in [-0.15, -0.1) is 5.10 Å². The molecular formula is C14H18N6OS. The Morgan fingerprint density at radius 1 is 1.27 bits per heavy atom. The van der Waals surface area contributed by atoms with Crippen LogP contribution in [0.3, 0.4) is 0 Å². The Labute approximate surface area is 132 Å². The molecule has 0 spiro atoms. The van der Waals surface area contributed by atoms with Gasteiger partial charge in [-0.05, 0) is 33.3 Å². The Balaban J connectivity index is 1.81. The topological polar surface area (TPSA) is 82.0 Å². The number of hydrogen-bond donors (Lipinski definition) is 0. The SMILES string of the molecule is CCCc1noc(C(C)Sc2nc3nc(C)cc(C)n3n2)n1. The van der Waals surface area contributed by atoms with Crippen LogP contribution in [0.4, 0.5) is 0 Å². The van der Waals surface area contributed by atoms with Crippen molar-refractivity contribution in [1.29, 1.82) is 0 Å². The molecule has 3 aromatic heterocycles. The molecule has 3 aromatic rings. The van der Waals surface area contributed by atoms with Crippen molar-refractivity contribution in [1.82, 2.24) is 29.7 Å². The van der Waals surface area contributed by atoms with E-state index in [0.29, 0.717) is 16.8 Å². The van der Waals surface area contributed by atoms with Crippen LogP contribution in [0, 0.1) is 13.8 Å². The molecule has 8 heteroatoms. The summed E-state index contributed by atoms with van der Waals surface area (Å²) >= 11 is 1.49. The Bertz CT molecular complexity index is 796. The van der Waals surface area contributed by atoms with E-state index in [0.717, 1.165) is 30.1 Å². The van der Waals surface area contributed by atoms with Crippen LogP contribution < -0.4 is 0 Å². The summed E-state index contributed by atoms with van der Waals surface area (Å²) in [5.74, 6) is 1.97. The number of aromatic nitrogens is 6. The first kappa shape index (κ1) is 15.0. The summed E-state index contributed by atoms with van der Waals surface area (Å²) in [6, 6.07) is 1.98. The molecule has 1 unspecified atom stereocenters. The minimum absolute atomic E-state index is 0.00285. The first-order chi connectivity index (χ1) is 10.6. The highest BCUT2D eigenvalue weighted by molar-refractivity contribution is 7.99. The summed E-state index contributed by atoms with van der Waals surface area (Å²) in [6.45, 7) is 8.03. The predicted octanol–water partition coefficient (Wildman–Crippen LogP) is 2.93. The number of fused-ring (bicyclic) bond motifs is 1. The van der Waals surface area contributed by atoms with E-state index in [9.17, 15) is 0 Å². The molecule has 1 atom stereocenters. The molecule has 7 nitrogen and oxygen atoms in total. The first-order valence-corrected chi connectivity index (χ1v) is 8.15. The van der Waals surface area contributed by atoms with E-state index in [1.165, 1.54) is 11.8 Å². The maximum atomic E-state index is 5.31. The van der Waals surface area contributed by atoms with Crippen molar-refractivity contribution >= 4 is 17.5 Å². The largest absolute Gasteiger partial charge is 0.338 e. The maximum absolute atomic E-state index is 5.31. The van der Waals surface area contributed by atoms with Gasteiger partial charge >= 0.3 is 0 Å². The maximum Gasteiger partial charge on any atom is 0.253 e. The molecule has 0 aliphatic carbocycles. The predicted molar refractivity (Wildman–Crippen MR) is 82.8 cm³/mol. The van der Waals surface area contributed by atoms with E-state index in [4.69, 9.17) is 4.52 Å². The fourth-order valence-corrected chi connectivity index (χ4v) is 2.94. The molecule has 0 aromatic carbocycles. The molecule has 0 radical (unpaired) electrons. The van der Waals surface area contributed by atoms with Gasteiger partial charge in [-0.25, -0.2) is 9.50 Å². The average Bonchev–Trinajstić information content (AvgIpc) is 3.06. The molecule has 0 saturated carbocycles. The Morgan fingerprint density at radius 2 is 2.09 bits per heavy atom. The molecule has 116 valence electrons. The van der Waals surface area contributed by atoms with Gasteiger partial charge in [0, 0.05) is 17.8 Å². The molecule has 0 saturated heterocycles. The molecule has 0 amide bonds. The van der Waals surface area contributed by atoms with Crippen LogP contribution >= 0.6 is 11.8 Å². The number of nitrogens with zero attached hydrogens (tertiary/aromatic N) is 6. The minimum atomic E-state index is -0.00285. The van der Waals surface area contributed by atoms with Crippen LogP contribution in [-0.4, -0.2) is 29.7 Å². The van der Waals surface area contributed by atoms with Crippen LogP contribution in [0.1, 0.15) is 48.6 Å². The summed E-state index contributed by atoms with van der Waals surface area (Å²) < 4.78 is 7.06.